The summed E-state index contributed by atoms with van der Waals surface area (Å²) in [6.45, 7) is 3.12. The van der Waals surface area contributed by atoms with Gasteiger partial charge in [0, 0.05) is 37.3 Å². The summed E-state index contributed by atoms with van der Waals surface area (Å²) < 4.78 is 0. The van der Waals surface area contributed by atoms with Gasteiger partial charge in [-0.25, -0.2) is 4.98 Å². The van der Waals surface area contributed by atoms with Crippen LogP contribution in [0.1, 0.15) is 112 Å². The second-order valence-corrected chi connectivity index (χ2v) is 15.4. The highest BCUT2D eigenvalue weighted by Crippen LogP contribution is 2.40. The second-order valence-electron chi connectivity index (χ2n) is 15.4. The smallest absolute Gasteiger partial charge is 0.306 e. The van der Waals surface area contributed by atoms with Crippen molar-refractivity contribution in [3.05, 3.63) is 83.0 Å². The Morgan fingerprint density at radius 3 is 2.27 bits per heavy atom. The Bertz CT molecular complexity index is 1530. The third-order valence-electron chi connectivity index (χ3n) is 12.4. The second kappa shape index (κ2) is 15.2. The molecule has 49 heavy (non-hydrogen) atoms. The minimum atomic E-state index is -0.653. The van der Waals surface area contributed by atoms with E-state index in [0.717, 1.165) is 101 Å². The summed E-state index contributed by atoms with van der Waals surface area (Å²) in [4.78, 5) is 27.4. The van der Waals surface area contributed by atoms with Crippen molar-refractivity contribution in [2.45, 2.75) is 127 Å². The summed E-state index contributed by atoms with van der Waals surface area (Å²) in [5.41, 5.74) is 5.02. The van der Waals surface area contributed by atoms with Crippen LogP contribution in [-0.2, 0) is 17.6 Å². The van der Waals surface area contributed by atoms with Gasteiger partial charge in [0.25, 0.3) is 0 Å². The number of aromatic nitrogens is 2. The molecule has 3 fully saturated rings. The Morgan fingerprint density at radius 1 is 0.939 bits per heavy atom. The number of fused-ring (bicyclic) bond motifs is 3. The number of hydrogen-bond acceptors (Lipinski definition) is 7. The van der Waals surface area contributed by atoms with Crippen LogP contribution in [0, 0.1) is 11.8 Å². The molecule has 3 N–H and O–H groups in total. The Balaban J connectivity index is 1.22. The highest BCUT2D eigenvalue weighted by Gasteiger charge is 2.39. The monoisotopic (exact) mass is 665 g/mol. The molecule has 8 heteroatoms. The molecule has 0 radical (unpaired) electrons. The minimum absolute atomic E-state index is 0.0436. The van der Waals surface area contributed by atoms with E-state index in [1.807, 2.05) is 0 Å². The van der Waals surface area contributed by atoms with Gasteiger partial charge in [0.1, 0.15) is 5.82 Å². The van der Waals surface area contributed by atoms with E-state index in [4.69, 9.17) is 9.97 Å². The summed E-state index contributed by atoms with van der Waals surface area (Å²) in [7, 11) is 2.15. The number of aryl methyl sites for hydroxylation is 1. The maximum absolute atomic E-state index is 11.7. The van der Waals surface area contributed by atoms with Crippen LogP contribution in [0.4, 0.5) is 11.8 Å². The predicted molar refractivity (Wildman–Crippen MR) is 195 cm³/mol. The number of anilines is 2. The first-order valence-electron chi connectivity index (χ1n) is 19.0. The molecule has 2 aliphatic carbocycles. The van der Waals surface area contributed by atoms with Gasteiger partial charge in [-0.1, -0.05) is 74.0 Å². The summed E-state index contributed by atoms with van der Waals surface area (Å²) in [5.74, 6) is 1.71. The van der Waals surface area contributed by atoms with E-state index in [9.17, 15) is 15.0 Å². The summed E-state index contributed by atoms with van der Waals surface area (Å²) in [6.07, 6.45) is 12.3. The third-order valence-corrected chi connectivity index (χ3v) is 12.4. The molecule has 2 unspecified atom stereocenters. The molecule has 0 amide bonds. The van der Waals surface area contributed by atoms with Crippen LogP contribution < -0.4 is 10.2 Å². The maximum atomic E-state index is 11.7. The Kier molecular flexibility index (Phi) is 10.5. The van der Waals surface area contributed by atoms with Gasteiger partial charge >= 0.3 is 5.97 Å². The molecule has 262 valence electrons. The van der Waals surface area contributed by atoms with E-state index >= 15 is 0 Å². The number of nitrogens with one attached hydrogen (secondary N) is 1. The molecular formula is C41H55N5O3. The van der Waals surface area contributed by atoms with Crippen molar-refractivity contribution in [2.75, 3.05) is 23.8 Å². The van der Waals surface area contributed by atoms with Crippen molar-refractivity contribution in [1.82, 2.24) is 14.9 Å². The number of nitrogens with zero attached hydrogens (tertiary/aromatic N) is 4. The lowest BCUT2D eigenvalue weighted by Gasteiger charge is -2.49. The average molecular weight is 666 g/mol. The van der Waals surface area contributed by atoms with Gasteiger partial charge in [-0.2, -0.15) is 4.98 Å². The first kappa shape index (κ1) is 34.0. The van der Waals surface area contributed by atoms with Gasteiger partial charge in [-0.3, -0.25) is 9.69 Å². The van der Waals surface area contributed by atoms with Crippen molar-refractivity contribution >= 4 is 17.7 Å². The summed E-state index contributed by atoms with van der Waals surface area (Å²) in [6, 6.07) is 22.9. The van der Waals surface area contributed by atoms with E-state index < -0.39 is 5.97 Å². The minimum Gasteiger partial charge on any atom is -0.481 e. The lowest BCUT2D eigenvalue weighted by atomic mass is 9.77. The van der Waals surface area contributed by atoms with Crippen LogP contribution in [-0.4, -0.2) is 68.9 Å². The number of benzene rings is 2. The van der Waals surface area contributed by atoms with Crippen LogP contribution in [0.3, 0.4) is 0 Å². The number of rotatable bonds is 11. The molecule has 2 bridgehead atoms. The number of hydrogen-bond donors (Lipinski definition) is 3. The van der Waals surface area contributed by atoms with Crippen molar-refractivity contribution in [1.29, 1.82) is 0 Å². The first-order valence-corrected chi connectivity index (χ1v) is 19.0. The van der Waals surface area contributed by atoms with E-state index in [2.05, 4.69) is 89.8 Å². The van der Waals surface area contributed by atoms with Gasteiger partial charge in [0.05, 0.1) is 23.8 Å². The van der Waals surface area contributed by atoms with Crippen LogP contribution in [0.5, 0.6) is 0 Å². The quantitative estimate of drug-likeness (QED) is 0.195. The predicted octanol–water partition coefficient (Wildman–Crippen LogP) is 7.39. The molecule has 2 aliphatic heterocycles. The summed E-state index contributed by atoms with van der Waals surface area (Å²) in [5, 5.41) is 24.3. The van der Waals surface area contributed by atoms with Crippen LogP contribution >= 0.6 is 0 Å². The number of aliphatic hydroxyl groups excluding tert-OH is 1. The lowest BCUT2D eigenvalue weighted by molar-refractivity contribution is -0.143. The molecular weight excluding hydrogens is 610 g/mol. The summed E-state index contributed by atoms with van der Waals surface area (Å²) >= 11 is 0. The zero-order valence-corrected chi connectivity index (χ0v) is 29.4. The molecule has 2 aromatic carbocycles. The van der Waals surface area contributed by atoms with Gasteiger partial charge < -0.3 is 20.4 Å². The molecule has 2 saturated heterocycles. The zero-order valence-electron chi connectivity index (χ0n) is 29.4. The lowest BCUT2D eigenvalue weighted by Crippen LogP contribution is -2.55. The van der Waals surface area contributed by atoms with E-state index in [1.165, 1.54) is 23.1 Å². The van der Waals surface area contributed by atoms with Crippen molar-refractivity contribution in [3.8, 4) is 0 Å². The van der Waals surface area contributed by atoms with Gasteiger partial charge in [-0.05, 0) is 100 Å². The number of carboxylic acid groups (broad SMARTS) is 1. The molecule has 4 aliphatic rings. The van der Waals surface area contributed by atoms with Crippen LogP contribution in [0.15, 0.2) is 60.7 Å². The number of aliphatic carboxylic acids is 1. The maximum Gasteiger partial charge on any atom is 0.306 e. The molecule has 1 aromatic heterocycles. The van der Waals surface area contributed by atoms with Gasteiger partial charge in [-0.15, -0.1) is 0 Å². The van der Waals surface area contributed by atoms with Gasteiger partial charge in [0.2, 0.25) is 5.95 Å². The van der Waals surface area contributed by atoms with Crippen molar-refractivity contribution in [2.24, 2.45) is 11.8 Å². The van der Waals surface area contributed by atoms with E-state index in [-0.39, 0.29) is 24.1 Å². The number of carboxylic acids is 1. The van der Waals surface area contributed by atoms with E-state index in [0.29, 0.717) is 23.9 Å². The number of carbonyl (C=O) groups is 1. The molecule has 8 nitrogen and oxygen atoms in total. The highest BCUT2D eigenvalue weighted by atomic mass is 16.4. The van der Waals surface area contributed by atoms with Crippen molar-refractivity contribution in [3.63, 3.8) is 0 Å². The first-order chi connectivity index (χ1) is 23.9. The fourth-order valence-electron chi connectivity index (χ4n) is 9.75. The number of aliphatic hydroxyl groups is 1. The largest absolute Gasteiger partial charge is 0.481 e. The molecule has 0 spiro atoms. The zero-order chi connectivity index (χ0) is 33.9. The average Bonchev–Trinajstić information content (AvgIpc) is 3.12. The highest BCUT2D eigenvalue weighted by molar-refractivity contribution is 5.70. The molecule has 3 heterocycles. The Hall–Kier alpha value is -3.49. The van der Waals surface area contributed by atoms with E-state index in [1.54, 1.807) is 0 Å². The molecule has 1 saturated carbocycles. The van der Waals surface area contributed by atoms with Gasteiger partial charge in [0.15, 0.2) is 0 Å². The van der Waals surface area contributed by atoms with Crippen molar-refractivity contribution < 1.29 is 15.0 Å². The SMILES string of the molecule is CC[C@H](C1CCC(C(=O)O)CC1)N(C)c1nc2c(c(N[C@@H](CN3C4CCCC3CC(O)C4)c3ccccc3)n1)C[C@H](c1ccccc1)CC2. The topological polar surface area (TPSA) is 102 Å². The third kappa shape index (κ3) is 7.51. The fourth-order valence-corrected chi connectivity index (χ4v) is 9.75. The van der Waals surface area contributed by atoms with Crippen LogP contribution in [0.2, 0.25) is 0 Å². The Morgan fingerprint density at radius 2 is 1.61 bits per heavy atom. The fraction of sp³-hybridized carbons (Fsp3) is 0.585. The standard InChI is InChI=1S/C41H55N5O3/c1-3-38(29-17-19-30(20-18-29)40(48)49)45(2)41-43-36-22-21-31(27-11-6-4-7-12-27)23-35(36)39(44-41)42-37(28-13-8-5-9-14-28)26-46-32-15-10-16-33(46)25-34(47)24-32/h4-9,11-14,29-34,37-38,47H,3,10,15-26H2,1-2H3,(H,48,49)(H,42,43,44)/t29?,30?,31-,32?,33?,34?,37+,38-/m1/s1. The molecule has 3 aromatic rings. The number of piperidine rings is 2. The molecule has 7 rings (SSSR count). The molecule has 5 atom stereocenters. The Labute approximate surface area is 292 Å². The normalized spacial score (nSPS) is 28.2. The van der Waals surface area contributed by atoms with Crippen LogP contribution in [0.25, 0.3) is 0 Å².